The van der Waals surface area contributed by atoms with E-state index in [0.717, 1.165) is 24.5 Å². The van der Waals surface area contributed by atoms with E-state index in [-0.39, 0.29) is 22.4 Å². The maximum atomic E-state index is 13.3. The predicted octanol–water partition coefficient (Wildman–Crippen LogP) is 4.44. The first-order valence-corrected chi connectivity index (χ1v) is 11.1. The van der Waals surface area contributed by atoms with Crippen molar-refractivity contribution in [3.63, 3.8) is 0 Å². The molecule has 0 atom stereocenters. The summed E-state index contributed by atoms with van der Waals surface area (Å²) in [6.45, 7) is 1.74. The third-order valence-corrected chi connectivity index (χ3v) is 6.18. The summed E-state index contributed by atoms with van der Waals surface area (Å²) in [6.07, 6.45) is 5.18. The lowest BCUT2D eigenvalue weighted by Gasteiger charge is -2.08. The van der Waals surface area contributed by atoms with Crippen LogP contribution in [0.5, 0.6) is 0 Å². The van der Waals surface area contributed by atoms with Crippen molar-refractivity contribution in [1.29, 1.82) is 0 Å². The summed E-state index contributed by atoms with van der Waals surface area (Å²) < 4.78 is 45.9. The first-order valence-electron chi connectivity index (χ1n) is 9.65. The molecule has 0 radical (unpaired) electrons. The van der Waals surface area contributed by atoms with Crippen LogP contribution in [0, 0.1) is 18.7 Å². The second-order valence-electron chi connectivity index (χ2n) is 7.29. The molecule has 1 heterocycles. The van der Waals surface area contributed by atoms with Gasteiger partial charge in [-0.15, -0.1) is 0 Å². The molecule has 9 heteroatoms. The normalized spacial score (nSPS) is 14.0. The minimum absolute atomic E-state index is 0.0405. The summed E-state index contributed by atoms with van der Waals surface area (Å²) in [5, 5.41) is 6.75. The number of halogens is 1. The highest BCUT2D eigenvalue weighted by atomic mass is 32.2. The number of nitrogens with one attached hydrogen (secondary N) is 2. The van der Waals surface area contributed by atoms with Gasteiger partial charge in [0.05, 0.1) is 10.6 Å². The number of hydrogen-bond acceptors (Lipinski definition) is 5. The van der Waals surface area contributed by atoms with Crippen molar-refractivity contribution in [3.8, 4) is 0 Å². The van der Waals surface area contributed by atoms with Gasteiger partial charge in [-0.3, -0.25) is 9.52 Å². The Kier molecular flexibility index (Phi) is 5.60. The van der Waals surface area contributed by atoms with Crippen LogP contribution in [0.25, 0.3) is 12.2 Å². The smallest absolute Gasteiger partial charge is 0.261 e. The molecule has 0 saturated heterocycles. The van der Waals surface area contributed by atoms with Gasteiger partial charge in [0, 0.05) is 5.92 Å². The van der Waals surface area contributed by atoms with Crippen LogP contribution in [-0.2, 0) is 14.8 Å². The number of carbonyl (C=O) groups excluding carboxylic acids is 1. The molecule has 1 saturated carbocycles. The molecule has 31 heavy (non-hydrogen) atoms. The number of aryl methyl sites for hydroxylation is 1. The standard InChI is InChI=1S/C22H20FN3O4S/c1-14-21(24-22(27)16-8-9-16)20(30-25-14)12-7-15-5-10-19(11-6-15)31(28,29)26-18-4-2-3-17(23)13-18/h2-7,10-13,16,26H,8-9H2,1H3,(H,24,27)/b12-7-. The Labute approximate surface area is 179 Å². The summed E-state index contributed by atoms with van der Waals surface area (Å²) in [7, 11) is -3.85. The lowest BCUT2D eigenvalue weighted by molar-refractivity contribution is -0.117. The van der Waals surface area contributed by atoms with Crippen LogP contribution in [0.1, 0.15) is 29.9 Å². The van der Waals surface area contributed by atoms with Crippen LogP contribution in [0.2, 0.25) is 0 Å². The molecular weight excluding hydrogens is 421 g/mol. The van der Waals surface area contributed by atoms with Crippen LogP contribution < -0.4 is 10.0 Å². The van der Waals surface area contributed by atoms with Crippen LogP contribution in [0.3, 0.4) is 0 Å². The Morgan fingerprint density at radius 2 is 1.90 bits per heavy atom. The fourth-order valence-corrected chi connectivity index (χ4v) is 3.97. The molecule has 0 aliphatic heterocycles. The van der Waals surface area contributed by atoms with Gasteiger partial charge >= 0.3 is 0 Å². The van der Waals surface area contributed by atoms with Crippen molar-refractivity contribution in [1.82, 2.24) is 5.16 Å². The quantitative estimate of drug-likeness (QED) is 0.564. The summed E-state index contributed by atoms with van der Waals surface area (Å²) in [5.74, 6) is -0.102. The fourth-order valence-electron chi connectivity index (χ4n) is 2.92. The number of amides is 1. The van der Waals surface area contributed by atoms with Crippen LogP contribution in [0.15, 0.2) is 57.9 Å². The highest BCUT2D eigenvalue weighted by molar-refractivity contribution is 7.92. The minimum Gasteiger partial charge on any atom is -0.354 e. The van der Waals surface area contributed by atoms with E-state index in [0.29, 0.717) is 17.1 Å². The van der Waals surface area contributed by atoms with Crippen molar-refractivity contribution in [3.05, 3.63) is 71.4 Å². The van der Waals surface area contributed by atoms with Gasteiger partial charge in [0.2, 0.25) is 5.91 Å². The second-order valence-corrected chi connectivity index (χ2v) is 8.97. The zero-order valence-corrected chi connectivity index (χ0v) is 17.4. The lowest BCUT2D eigenvalue weighted by Crippen LogP contribution is -2.14. The van der Waals surface area contributed by atoms with Gasteiger partial charge in [0.1, 0.15) is 17.2 Å². The topological polar surface area (TPSA) is 101 Å². The van der Waals surface area contributed by atoms with Gasteiger partial charge in [-0.2, -0.15) is 0 Å². The Morgan fingerprint density at radius 3 is 2.58 bits per heavy atom. The van der Waals surface area contributed by atoms with Gasteiger partial charge in [0.15, 0.2) is 5.76 Å². The largest absolute Gasteiger partial charge is 0.354 e. The molecule has 1 aliphatic rings. The van der Waals surface area contributed by atoms with Crippen molar-refractivity contribution >= 4 is 39.5 Å². The number of benzene rings is 2. The lowest BCUT2D eigenvalue weighted by atomic mass is 10.2. The molecule has 1 aromatic heterocycles. The maximum Gasteiger partial charge on any atom is 0.261 e. The Bertz CT molecular complexity index is 1250. The van der Waals surface area contributed by atoms with E-state index >= 15 is 0 Å². The molecule has 2 N–H and O–H groups in total. The predicted molar refractivity (Wildman–Crippen MR) is 115 cm³/mol. The van der Waals surface area contributed by atoms with Crippen LogP contribution in [0.4, 0.5) is 15.8 Å². The molecule has 0 bridgehead atoms. The summed E-state index contributed by atoms with van der Waals surface area (Å²) in [4.78, 5) is 12.1. The third kappa shape index (κ3) is 5.00. The molecule has 1 amide bonds. The maximum absolute atomic E-state index is 13.3. The minimum atomic E-state index is -3.85. The van der Waals surface area contributed by atoms with E-state index < -0.39 is 15.8 Å². The molecular formula is C22H20FN3O4S. The molecule has 160 valence electrons. The summed E-state index contributed by atoms with van der Waals surface area (Å²) in [5.41, 5.74) is 1.98. The van der Waals surface area contributed by atoms with Crippen LogP contribution >= 0.6 is 0 Å². The van der Waals surface area contributed by atoms with Crippen molar-refractivity contribution in [2.24, 2.45) is 5.92 Å². The SMILES string of the molecule is Cc1noc(/C=C\c2ccc(S(=O)(=O)Nc3cccc(F)c3)cc2)c1NC(=O)C1CC1. The number of anilines is 2. The summed E-state index contributed by atoms with van der Waals surface area (Å²) in [6, 6.07) is 11.4. The molecule has 7 nitrogen and oxygen atoms in total. The van der Waals surface area contributed by atoms with Gasteiger partial charge in [-0.25, -0.2) is 12.8 Å². The van der Waals surface area contributed by atoms with Gasteiger partial charge < -0.3 is 9.84 Å². The molecule has 1 aliphatic carbocycles. The average Bonchev–Trinajstić information content (AvgIpc) is 3.52. The Hall–Kier alpha value is -3.46. The zero-order valence-electron chi connectivity index (χ0n) is 16.6. The van der Waals surface area contributed by atoms with E-state index in [9.17, 15) is 17.6 Å². The average molecular weight is 441 g/mol. The number of sulfonamides is 1. The number of rotatable bonds is 7. The molecule has 0 unspecified atom stereocenters. The Balaban J connectivity index is 1.47. The van der Waals surface area contributed by atoms with E-state index in [1.54, 1.807) is 31.2 Å². The van der Waals surface area contributed by atoms with Crippen molar-refractivity contribution in [2.75, 3.05) is 10.0 Å². The van der Waals surface area contributed by atoms with Crippen molar-refractivity contribution in [2.45, 2.75) is 24.7 Å². The Morgan fingerprint density at radius 1 is 1.16 bits per heavy atom. The van der Waals surface area contributed by atoms with E-state index in [2.05, 4.69) is 15.2 Å². The monoisotopic (exact) mass is 441 g/mol. The zero-order chi connectivity index (χ0) is 22.0. The highest BCUT2D eigenvalue weighted by Gasteiger charge is 2.30. The van der Waals surface area contributed by atoms with Crippen molar-refractivity contribution < 1.29 is 22.1 Å². The number of aromatic nitrogens is 1. The first-order chi connectivity index (χ1) is 14.8. The summed E-state index contributed by atoms with van der Waals surface area (Å²) >= 11 is 0. The van der Waals surface area contributed by atoms with E-state index in [4.69, 9.17) is 4.52 Å². The third-order valence-electron chi connectivity index (χ3n) is 4.78. The number of nitrogens with zero attached hydrogens (tertiary/aromatic N) is 1. The first kappa shape index (κ1) is 20.8. The molecule has 3 aromatic rings. The fraction of sp³-hybridized carbons (Fsp3) is 0.182. The molecule has 0 spiro atoms. The molecule has 2 aromatic carbocycles. The molecule has 4 rings (SSSR count). The number of hydrogen-bond donors (Lipinski definition) is 2. The highest BCUT2D eigenvalue weighted by Crippen LogP contribution is 2.32. The second kappa shape index (κ2) is 8.35. The molecule has 1 fully saturated rings. The van der Waals surface area contributed by atoms with Crippen LogP contribution in [-0.4, -0.2) is 19.5 Å². The van der Waals surface area contributed by atoms with Gasteiger partial charge in [-0.1, -0.05) is 29.4 Å². The van der Waals surface area contributed by atoms with E-state index in [1.165, 1.54) is 30.3 Å². The van der Waals surface area contributed by atoms with Gasteiger partial charge in [-0.05, 0) is 61.7 Å². The van der Waals surface area contributed by atoms with E-state index in [1.807, 2.05) is 0 Å². The van der Waals surface area contributed by atoms with Gasteiger partial charge in [0.25, 0.3) is 10.0 Å². The number of carbonyl (C=O) groups is 1.